The van der Waals surface area contributed by atoms with Gasteiger partial charge in [-0.3, -0.25) is 0 Å². The Hall–Kier alpha value is -0.800. The molecule has 1 N–H and O–H groups in total. The standard InChI is InChI=1S/C11H16ClN3/c1-8-6-15(7-9(2)14-8)11-4-3-10(12)5-13-11/h3-5,8-9,14H,6-7H2,1-2H3. The number of nitrogens with one attached hydrogen (secondary N) is 1. The maximum Gasteiger partial charge on any atom is 0.128 e. The molecule has 4 heteroatoms. The Morgan fingerprint density at radius 2 is 2.00 bits per heavy atom. The number of halogens is 1. The number of hydrogen-bond donors (Lipinski definition) is 1. The fourth-order valence-corrected chi connectivity index (χ4v) is 2.18. The zero-order valence-electron chi connectivity index (χ0n) is 9.07. The lowest BCUT2D eigenvalue weighted by Gasteiger charge is -2.36. The van der Waals surface area contributed by atoms with Crippen molar-refractivity contribution in [3.63, 3.8) is 0 Å². The van der Waals surface area contributed by atoms with Gasteiger partial charge in [0.15, 0.2) is 0 Å². The summed E-state index contributed by atoms with van der Waals surface area (Å²) in [6.45, 7) is 6.38. The molecule has 1 saturated heterocycles. The first-order valence-corrected chi connectivity index (χ1v) is 5.65. The lowest BCUT2D eigenvalue weighted by molar-refractivity contribution is 0.405. The zero-order chi connectivity index (χ0) is 10.8. The van der Waals surface area contributed by atoms with Gasteiger partial charge < -0.3 is 10.2 Å². The summed E-state index contributed by atoms with van der Waals surface area (Å²) in [6, 6.07) is 4.88. The number of rotatable bonds is 1. The fourth-order valence-electron chi connectivity index (χ4n) is 2.07. The number of anilines is 1. The maximum absolute atomic E-state index is 5.81. The molecule has 0 radical (unpaired) electrons. The fraction of sp³-hybridized carbons (Fsp3) is 0.545. The van der Waals surface area contributed by atoms with Crippen LogP contribution in [0.15, 0.2) is 18.3 Å². The van der Waals surface area contributed by atoms with Gasteiger partial charge in [0.25, 0.3) is 0 Å². The van der Waals surface area contributed by atoms with Crippen molar-refractivity contribution in [2.45, 2.75) is 25.9 Å². The summed E-state index contributed by atoms with van der Waals surface area (Å²) in [7, 11) is 0. The van der Waals surface area contributed by atoms with Gasteiger partial charge in [-0.25, -0.2) is 4.98 Å². The predicted octanol–water partition coefficient (Wildman–Crippen LogP) is 1.92. The molecule has 1 fully saturated rings. The van der Waals surface area contributed by atoms with Gasteiger partial charge in [0.05, 0.1) is 5.02 Å². The molecule has 0 bridgehead atoms. The van der Waals surface area contributed by atoms with Crippen molar-refractivity contribution in [3.8, 4) is 0 Å². The predicted molar refractivity (Wildman–Crippen MR) is 63.5 cm³/mol. The second-order valence-electron chi connectivity index (χ2n) is 4.21. The molecule has 3 nitrogen and oxygen atoms in total. The van der Waals surface area contributed by atoms with Crippen molar-refractivity contribution in [2.24, 2.45) is 0 Å². The van der Waals surface area contributed by atoms with E-state index >= 15 is 0 Å². The molecule has 0 spiro atoms. The van der Waals surface area contributed by atoms with Crippen molar-refractivity contribution in [1.82, 2.24) is 10.3 Å². The molecular weight excluding hydrogens is 210 g/mol. The smallest absolute Gasteiger partial charge is 0.128 e. The van der Waals surface area contributed by atoms with E-state index in [9.17, 15) is 0 Å². The lowest BCUT2D eigenvalue weighted by atomic mass is 10.1. The summed E-state index contributed by atoms with van der Waals surface area (Å²) in [6.07, 6.45) is 1.70. The Balaban J connectivity index is 2.12. The quantitative estimate of drug-likeness (QED) is 0.792. The highest BCUT2D eigenvalue weighted by Crippen LogP contribution is 2.16. The van der Waals surface area contributed by atoms with Crippen LogP contribution in [0.5, 0.6) is 0 Å². The van der Waals surface area contributed by atoms with E-state index in [0.29, 0.717) is 17.1 Å². The molecule has 0 amide bonds. The van der Waals surface area contributed by atoms with Gasteiger partial charge in [-0.1, -0.05) is 11.6 Å². The van der Waals surface area contributed by atoms with Gasteiger partial charge in [-0.15, -0.1) is 0 Å². The van der Waals surface area contributed by atoms with Crippen LogP contribution in [0, 0.1) is 0 Å². The molecule has 2 rings (SSSR count). The van der Waals surface area contributed by atoms with E-state index < -0.39 is 0 Å². The Kier molecular flexibility index (Phi) is 3.12. The van der Waals surface area contributed by atoms with Crippen LogP contribution >= 0.6 is 11.6 Å². The van der Waals surface area contributed by atoms with E-state index in [2.05, 4.69) is 29.0 Å². The van der Waals surface area contributed by atoms with Gasteiger partial charge in [0.1, 0.15) is 5.82 Å². The highest BCUT2D eigenvalue weighted by atomic mass is 35.5. The molecule has 2 unspecified atom stereocenters. The first-order chi connectivity index (χ1) is 7.15. The van der Waals surface area contributed by atoms with Crippen molar-refractivity contribution in [3.05, 3.63) is 23.4 Å². The van der Waals surface area contributed by atoms with Crippen molar-refractivity contribution < 1.29 is 0 Å². The molecule has 15 heavy (non-hydrogen) atoms. The van der Waals surface area contributed by atoms with E-state index in [1.807, 2.05) is 12.1 Å². The highest BCUT2D eigenvalue weighted by Gasteiger charge is 2.21. The van der Waals surface area contributed by atoms with Crippen LogP contribution in [0.25, 0.3) is 0 Å². The maximum atomic E-state index is 5.81. The third kappa shape index (κ3) is 2.61. The molecular formula is C11H16ClN3. The van der Waals surface area contributed by atoms with E-state index in [-0.39, 0.29) is 0 Å². The van der Waals surface area contributed by atoms with Crippen LogP contribution < -0.4 is 10.2 Å². The van der Waals surface area contributed by atoms with Crippen LogP contribution in [0.2, 0.25) is 5.02 Å². The first kappa shape index (κ1) is 10.7. The highest BCUT2D eigenvalue weighted by molar-refractivity contribution is 6.30. The van der Waals surface area contributed by atoms with Gasteiger partial charge >= 0.3 is 0 Å². The minimum absolute atomic E-state index is 0.506. The SMILES string of the molecule is CC1CN(c2ccc(Cl)cn2)CC(C)N1. The van der Waals surface area contributed by atoms with E-state index in [1.54, 1.807) is 6.20 Å². The Bertz CT molecular complexity index is 315. The van der Waals surface area contributed by atoms with Gasteiger partial charge in [0.2, 0.25) is 0 Å². The molecule has 0 aliphatic carbocycles. The summed E-state index contributed by atoms with van der Waals surface area (Å²) in [5.74, 6) is 1.01. The monoisotopic (exact) mass is 225 g/mol. The summed E-state index contributed by atoms with van der Waals surface area (Å²) >= 11 is 5.81. The molecule has 82 valence electrons. The second-order valence-corrected chi connectivity index (χ2v) is 4.64. The number of nitrogens with zero attached hydrogens (tertiary/aromatic N) is 2. The van der Waals surface area contributed by atoms with E-state index in [1.165, 1.54) is 0 Å². The molecule has 1 aliphatic rings. The number of pyridine rings is 1. The van der Waals surface area contributed by atoms with Crippen molar-refractivity contribution >= 4 is 17.4 Å². The normalized spacial score (nSPS) is 26.7. The van der Waals surface area contributed by atoms with Crippen LogP contribution in [0.4, 0.5) is 5.82 Å². The zero-order valence-corrected chi connectivity index (χ0v) is 9.83. The molecule has 1 aliphatic heterocycles. The summed E-state index contributed by atoms with van der Waals surface area (Å²) < 4.78 is 0. The Morgan fingerprint density at radius 3 is 2.53 bits per heavy atom. The summed E-state index contributed by atoms with van der Waals surface area (Å²) in [5, 5.41) is 4.18. The van der Waals surface area contributed by atoms with Gasteiger partial charge in [0, 0.05) is 31.4 Å². The topological polar surface area (TPSA) is 28.2 Å². The summed E-state index contributed by atoms with van der Waals surface area (Å²) in [4.78, 5) is 6.63. The molecule has 2 heterocycles. The minimum Gasteiger partial charge on any atom is -0.354 e. The average molecular weight is 226 g/mol. The minimum atomic E-state index is 0.506. The van der Waals surface area contributed by atoms with Crippen LogP contribution in [0.1, 0.15) is 13.8 Å². The Morgan fingerprint density at radius 1 is 1.33 bits per heavy atom. The largest absolute Gasteiger partial charge is 0.354 e. The molecule has 0 aromatic carbocycles. The number of hydrogen-bond acceptors (Lipinski definition) is 3. The number of piperazine rings is 1. The van der Waals surface area contributed by atoms with E-state index in [4.69, 9.17) is 11.6 Å². The lowest BCUT2D eigenvalue weighted by Crippen LogP contribution is -2.54. The van der Waals surface area contributed by atoms with Crippen molar-refractivity contribution in [1.29, 1.82) is 0 Å². The van der Waals surface area contributed by atoms with E-state index in [0.717, 1.165) is 18.9 Å². The molecule has 2 atom stereocenters. The van der Waals surface area contributed by atoms with Gasteiger partial charge in [-0.2, -0.15) is 0 Å². The van der Waals surface area contributed by atoms with Gasteiger partial charge in [-0.05, 0) is 26.0 Å². The Labute approximate surface area is 95.4 Å². The molecule has 1 aromatic rings. The molecule has 1 aromatic heterocycles. The third-order valence-corrected chi connectivity index (χ3v) is 2.82. The third-order valence-electron chi connectivity index (χ3n) is 2.59. The van der Waals surface area contributed by atoms with Crippen LogP contribution in [-0.2, 0) is 0 Å². The van der Waals surface area contributed by atoms with Crippen LogP contribution in [-0.4, -0.2) is 30.2 Å². The van der Waals surface area contributed by atoms with Crippen LogP contribution in [0.3, 0.4) is 0 Å². The molecule has 0 saturated carbocycles. The average Bonchev–Trinajstić information content (AvgIpc) is 2.17. The second kappa shape index (κ2) is 4.37. The van der Waals surface area contributed by atoms with Crippen molar-refractivity contribution in [2.75, 3.05) is 18.0 Å². The number of aromatic nitrogens is 1. The summed E-state index contributed by atoms with van der Waals surface area (Å²) in [5.41, 5.74) is 0. The first-order valence-electron chi connectivity index (χ1n) is 5.27.